The molecule has 146 valence electrons. The van der Waals surface area contributed by atoms with Crippen LogP contribution in [0.3, 0.4) is 0 Å². The van der Waals surface area contributed by atoms with Crippen molar-refractivity contribution in [2.45, 2.75) is 39.7 Å². The van der Waals surface area contributed by atoms with Gasteiger partial charge in [0, 0.05) is 18.7 Å². The number of aliphatic carboxylic acids is 1. The minimum Gasteiger partial charge on any atom is -0.481 e. The topological polar surface area (TPSA) is 86.7 Å². The van der Waals surface area contributed by atoms with Crippen molar-refractivity contribution in [3.05, 3.63) is 35.4 Å². The zero-order valence-electron chi connectivity index (χ0n) is 16.1. The number of rotatable bonds is 6. The number of nitrogens with zero attached hydrogens (tertiary/aromatic N) is 1. The molecule has 2 fully saturated rings. The lowest BCUT2D eigenvalue weighted by molar-refractivity contribution is -0.142. The van der Waals surface area contributed by atoms with Crippen LogP contribution >= 0.6 is 0 Å². The molecular weight excluding hydrogens is 344 g/mol. The molecule has 1 aliphatic heterocycles. The van der Waals surface area contributed by atoms with Crippen LogP contribution in [0.15, 0.2) is 24.3 Å². The summed E-state index contributed by atoms with van der Waals surface area (Å²) in [6.07, 6.45) is 2.10. The van der Waals surface area contributed by atoms with Crippen molar-refractivity contribution in [1.29, 1.82) is 0 Å². The molecule has 3 atom stereocenters. The number of carboxylic acids is 1. The average molecular weight is 372 g/mol. The number of likely N-dealkylation sites (tertiary alicyclic amines) is 1. The van der Waals surface area contributed by atoms with Gasteiger partial charge < -0.3 is 15.3 Å². The third kappa shape index (κ3) is 4.15. The van der Waals surface area contributed by atoms with Crippen molar-refractivity contribution < 1.29 is 19.5 Å². The zero-order valence-corrected chi connectivity index (χ0v) is 16.1. The van der Waals surface area contributed by atoms with Gasteiger partial charge in [-0.1, -0.05) is 32.0 Å². The van der Waals surface area contributed by atoms with Crippen LogP contribution in [0.25, 0.3) is 0 Å². The van der Waals surface area contributed by atoms with Crippen LogP contribution in [0.2, 0.25) is 0 Å². The van der Waals surface area contributed by atoms with Crippen molar-refractivity contribution in [2.24, 2.45) is 23.7 Å². The number of amides is 2. The van der Waals surface area contributed by atoms with Gasteiger partial charge in [-0.3, -0.25) is 14.4 Å². The molecule has 27 heavy (non-hydrogen) atoms. The zero-order chi connectivity index (χ0) is 19.7. The second-order valence-electron chi connectivity index (χ2n) is 8.20. The van der Waals surface area contributed by atoms with E-state index in [-0.39, 0.29) is 30.2 Å². The maximum atomic E-state index is 13.1. The van der Waals surface area contributed by atoms with E-state index in [9.17, 15) is 19.5 Å². The van der Waals surface area contributed by atoms with Gasteiger partial charge in [0.1, 0.15) is 6.04 Å². The molecule has 6 nitrogen and oxygen atoms in total. The fourth-order valence-corrected chi connectivity index (χ4v) is 4.03. The van der Waals surface area contributed by atoms with Crippen molar-refractivity contribution in [3.8, 4) is 0 Å². The first-order valence-corrected chi connectivity index (χ1v) is 9.67. The summed E-state index contributed by atoms with van der Waals surface area (Å²) in [4.78, 5) is 39.0. The summed E-state index contributed by atoms with van der Waals surface area (Å²) >= 11 is 0. The summed E-state index contributed by atoms with van der Waals surface area (Å²) in [5.74, 6) is -1.41. The minimum atomic E-state index is -0.827. The fraction of sp³-hybridized carbons (Fsp3) is 0.571. The normalized spacial score (nSPS) is 23.3. The van der Waals surface area contributed by atoms with Crippen molar-refractivity contribution >= 4 is 17.8 Å². The number of hydrogen-bond donors (Lipinski definition) is 2. The molecule has 0 bridgehead atoms. The molecule has 3 rings (SSSR count). The van der Waals surface area contributed by atoms with Crippen LogP contribution in [0.5, 0.6) is 0 Å². The molecule has 0 radical (unpaired) electrons. The highest BCUT2D eigenvalue weighted by atomic mass is 16.4. The third-order valence-electron chi connectivity index (χ3n) is 5.83. The Morgan fingerprint density at radius 3 is 2.37 bits per heavy atom. The SMILES string of the molecule is Cc1ccccc1C(=O)NC(C(=O)N1C[C@H](C(=O)O)[C@@H](C2CC2)C1)C(C)C. The molecule has 1 unspecified atom stereocenters. The Kier molecular flexibility index (Phi) is 5.53. The Hall–Kier alpha value is -2.37. The average Bonchev–Trinajstić information content (AvgIpc) is 3.36. The first-order chi connectivity index (χ1) is 12.8. The van der Waals surface area contributed by atoms with Gasteiger partial charge >= 0.3 is 5.97 Å². The molecule has 1 aliphatic carbocycles. The number of benzene rings is 1. The molecule has 6 heteroatoms. The summed E-state index contributed by atoms with van der Waals surface area (Å²) in [6, 6.07) is 6.60. The number of hydrogen-bond acceptors (Lipinski definition) is 3. The number of nitrogens with one attached hydrogen (secondary N) is 1. The standard InChI is InChI=1S/C21H28N2O4/c1-12(2)18(22-19(24)15-7-5-4-6-13(15)3)20(25)23-10-16(14-8-9-14)17(11-23)21(26)27/h4-7,12,14,16-18H,8-11H2,1-3H3,(H,22,24)(H,26,27)/t16-,17+,18?/m1/s1. The summed E-state index contributed by atoms with van der Waals surface area (Å²) in [5, 5.41) is 12.4. The molecule has 1 heterocycles. The van der Waals surface area contributed by atoms with Gasteiger partial charge in [-0.2, -0.15) is 0 Å². The first-order valence-electron chi connectivity index (χ1n) is 9.67. The largest absolute Gasteiger partial charge is 0.481 e. The van der Waals surface area contributed by atoms with Crippen molar-refractivity contribution in [3.63, 3.8) is 0 Å². The van der Waals surface area contributed by atoms with Crippen LogP contribution in [0.1, 0.15) is 42.6 Å². The second kappa shape index (κ2) is 7.71. The lowest BCUT2D eigenvalue weighted by Gasteiger charge is -2.27. The molecule has 1 aromatic rings. The van der Waals surface area contributed by atoms with Crippen LogP contribution in [-0.2, 0) is 9.59 Å². The Morgan fingerprint density at radius 2 is 1.81 bits per heavy atom. The van der Waals surface area contributed by atoms with Gasteiger partial charge in [0.2, 0.25) is 5.91 Å². The lowest BCUT2D eigenvalue weighted by Crippen LogP contribution is -2.51. The Morgan fingerprint density at radius 1 is 1.15 bits per heavy atom. The molecule has 0 aromatic heterocycles. The molecule has 1 aromatic carbocycles. The van der Waals surface area contributed by atoms with Crippen LogP contribution in [0, 0.1) is 30.6 Å². The highest BCUT2D eigenvalue weighted by Gasteiger charge is 2.48. The van der Waals surface area contributed by atoms with Gasteiger partial charge in [0.25, 0.3) is 5.91 Å². The summed E-state index contributed by atoms with van der Waals surface area (Å²) in [5.41, 5.74) is 1.41. The van der Waals surface area contributed by atoms with Crippen LogP contribution < -0.4 is 5.32 Å². The van der Waals surface area contributed by atoms with Crippen LogP contribution in [0.4, 0.5) is 0 Å². The van der Waals surface area contributed by atoms with Crippen molar-refractivity contribution in [1.82, 2.24) is 10.2 Å². The van der Waals surface area contributed by atoms with Gasteiger partial charge in [0.15, 0.2) is 0 Å². The Balaban J connectivity index is 1.73. The van der Waals surface area contributed by atoms with E-state index in [0.717, 1.165) is 18.4 Å². The summed E-state index contributed by atoms with van der Waals surface area (Å²) in [6.45, 7) is 6.36. The van der Waals surface area contributed by atoms with Gasteiger partial charge in [-0.05, 0) is 49.1 Å². The van der Waals surface area contributed by atoms with Crippen molar-refractivity contribution in [2.75, 3.05) is 13.1 Å². The number of carbonyl (C=O) groups excluding carboxylic acids is 2. The molecule has 0 spiro atoms. The molecule has 2 aliphatic rings. The highest BCUT2D eigenvalue weighted by Crippen LogP contribution is 2.44. The molecule has 1 saturated heterocycles. The third-order valence-corrected chi connectivity index (χ3v) is 5.83. The predicted octanol–water partition coefficient (Wildman–Crippen LogP) is 2.32. The van der Waals surface area contributed by atoms with Gasteiger partial charge in [-0.25, -0.2) is 0 Å². The first kappa shape index (κ1) is 19.4. The van der Waals surface area contributed by atoms with E-state index in [1.54, 1.807) is 17.0 Å². The molecule has 2 N–H and O–H groups in total. The second-order valence-corrected chi connectivity index (χ2v) is 8.20. The van der Waals surface area contributed by atoms with E-state index in [1.165, 1.54) is 0 Å². The maximum absolute atomic E-state index is 13.1. The molecule has 1 saturated carbocycles. The highest BCUT2D eigenvalue weighted by molar-refractivity contribution is 5.98. The van der Waals surface area contributed by atoms with Gasteiger partial charge in [0.05, 0.1) is 5.92 Å². The maximum Gasteiger partial charge on any atom is 0.308 e. The predicted molar refractivity (Wildman–Crippen MR) is 101 cm³/mol. The smallest absolute Gasteiger partial charge is 0.308 e. The van der Waals surface area contributed by atoms with E-state index >= 15 is 0 Å². The van der Waals surface area contributed by atoms with E-state index in [4.69, 9.17) is 0 Å². The summed E-state index contributed by atoms with van der Waals surface area (Å²) < 4.78 is 0. The van der Waals surface area contributed by atoms with Gasteiger partial charge in [-0.15, -0.1) is 0 Å². The van der Waals surface area contributed by atoms with Crippen LogP contribution in [-0.4, -0.2) is 46.9 Å². The number of carboxylic acid groups (broad SMARTS) is 1. The Bertz CT molecular complexity index is 741. The molecule has 2 amide bonds. The van der Waals surface area contributed by atoms with E-state index < -0.39 is 17.9 Å². The monoisotopic (exact) mass is 372 g/mol. The Labute approximate surface area is 159 Å². The summed E-state index contributed by atoms with van der Waals surface area (Å²) in [7, 11) is 0. The fourth-order valence-electron chi connectivity index (χ4n) is 4.03. The lowest BCUT2D eigenvalue weighted by atomic mass is 9.92. The van der Waals surface area contributed by atoms with E-state index in [1.807, 2.05) is 32.9 Å². The number of aryl methyl sites for hydroxylation is 1. The quantitative estimate of drug-likeness (QED) is 0.802. The van der Waals surface area contributed by atoms with E-state index in [2.05, 4.69) is 5.32 Å². The molecular formula is C21H28N2O4. The number of carbonyl (C=O) groups is 3. The minimum absolute atomic E-state index is 0.0336. The van der Waals surface area contributed by atoms with E-state index in [0.29, 0.717) is 18.0 Å².